The van der Waals surface area contributed by atoms with Crippen molar-refractivity contribution >= 4 is 33.3 Å². The zero-order valence-corrected chi connectivity index (χ0v) is 12.7. The molecule has 0 fully saturated rings. The molecule has 1 amide bonds. The Labute approximate surface area is 134 Å². The average Bonchev–Trinajstić information content (AvgIpc) is 2.91. The molecule has 0 saturated heterocycles. The van der Waals surface area contributed by atoms with Gasteiger partial charge in [0.25, 0.3) is 5.91 Å². The highest BCUT2D eigenvalue weighted by Crippen LogP contribution is 2.16. The van der Waals surface area contributed by atoms with E-state index in [-0.39, 0.29) is 11.1 Å². The van der Waals surface area contributed by atoms with Crippen molar-refractivity contribution in [3.8, 4) is 0 Å². The second kappa shape index (κ2) is 6.17. The number of pyridine rings is 1. The summed E-state index contributed by atoms with van der Waals surface area (Å²) in [6, 6.07) is 5.11. The Hall–Kier alpha value is -2.74. The summed E-state index contributed by atoms with van der Waals surface area (Å²) in [6.45, 7) is 0.359. The number of nitrogen functional groups attached to an aromatic ring is 1. The van der Waals surface area contributed by atoms with Crippen molar-refractivity contribution in [1.29, 1.82) is 0 Å². The van der Waals surface area contributed by atoms with E-state index in [0.29, 0.717) is 23.5 Å². The third-order valence-electron chi connectivity index (χ3n) is 3.29. The van der Waals surface area contributed by atoms with Crippen LogP contribution >= 0.6 is 11.3 Å². The maximum absolute atomic E-state index is 13.3. The fourth-order valence-corrected chi connectivity index (χ4v) is 2.85. The topological polar surface area (TPSA) is 101 Å². The molecule has 0 bridgehead atoms. The van der Waals surface area contributed by atoms with Gasteiger partial charge in [-0.2, -0.15) is 0 Å². The van der Waals surface area contributed by atoms with Crippen LogP contribution in [0.3, 0.4) is 0 Å². The molecule has 6 nitrogen and oxygen atoms in total. The Balaban J connectivity index is 1.79. The number of carbonyl (C=O) groups excluding carboxylic acids is 1. The molecule has 2 heterocycles. The van der Waals surface area contributed by atoms with Crippen LogP contribution in [-0.2, 0) is 6.42 Å². The van der Waals surface area contributed by atoms with Crippen molar-refractivity contribution in [2.45, 2.75) is 6.42 Å². The number of benzene rings is 1. The number of nitrogens with two attached hydrogens (primary N) is 1. The van der Waals surface area contributed by atoms with Gasteiger partial charge in [-0.05, 0) is 18.2 Å². The van der Waals surface area contributed by atoms with Gasteiger partial charge in [0.2, 0.25) is 5.56 Å². The van der Waals surface area contributed by atoms with Crippen LogP contribution in [0.2, 0.25) is 0 Å². The van der Waals surface area contributed by atoms with E-state index in [9.17, 15) is 14.0 Å². The largest absolute Gasteiger partial charge is 0.375 e. The molecule has 3 rings (SSSR count). The minimum absolute atomic E-state index is 0.210. The first-order chi connectivity index (χ1) is 11.0. The number of nitrogens with one attached hydrogen (secondary N) is 2. The molecule has 3 aromatic rings. The fourth-order valence-electron chi connectivity index (χ4n) is 2.26. The summed E-state index contributed by atoms with van der Waals surface area (Å²) in [5.74, 6) is -0.872. The van der Waals surface area contributed by atoms with Crippen LogP contribution in [0.4, 0.5) is 9.52 Å². The van der Waals surface area contributed by atoms with E-state index < -0.39 is 17.3 Å². The smallest absolute Gasteiger partial charge is 0.252 e. The number of H-pyrrole nitrogens is 1. The summed E-state index contributed by atoms with van der Waals surface area (Å²) in [5.41, 5.74) is 6.38. The lowest BCUT2D eigenvalue weighted by molar-refractivity contribution is 0.0955. The molecule has 8 heteroatoms. The second-order valence-corrected chi connectivity index (χ2v) is 5.81. The Kier molecular flexibility index (Phi) is 4.07. The van der Waals surface area contributed by atoms with E-state index in [4.69, 9.17) is 5.73 Å². The fraction of sp³-hybridized carbons (Fsp3) is 0.133. The maximum Gasteiger partial charge on any atom is 0.252 e. The maximum atomic E-state index is 13.3. The van der Waals surface area contributed by atoms with E-state index in [1.165, 1.54) is 35.6 Å². The van der Waals surface area contributed by atoms with Crippen molar-refractivity contribution < 1.29 is 9.18 Å². The number of thiazole rings is 1. The first-order valence-electron chi connectivity index (χ1n) is 6.83. The molecule has 0 aliphatic heterocycles. The van der Waals surface area contributed by atoms with Crippen LogP contribution in [0.1, 0.15) is 16.1 Å². The number of aromatic amines is 1. The lowest BCUT2D eigenvalue weighted by Gasteiger charge is -2.07. The van der Waals surface area contributed by atoms with Gasteiger partial charge in [0.15, 0.2) is 5.13 Å². The molecule has 0 unspecified atom stereocenters. The van der Waals surface area contributed by atoms with E-state index in [1.54, 1.807) is 0 Å². The number of nitrogens with zero attached hydrogens (tertiary/aromatic N) is 1. The van der Waals surface area contributed by atoms with Gasteiger partial charge in [-0.1, -0.05) is 0 Å². The molecule has 0 atom stereocenters. The quantitative estimate of drug-likeness (QED) is 0.676. The van der Waals surface area contributed by atoms with Gasteiger partial charge in [-0.25, -0.2) is 9.37 Å². The molecule has 23 heavy (non-hydrogen) atoms. The van der Waals surface area contributed by atoms with Crippen LogP contribution in [0.15, 0.2) is 34.4 Å². The average molecular weight is 332 g/mol. The van der Waals surface area contributed by atoms with Gasteiger partial charge in [-0.15, -0.1) is 11.3 Å². The van der Waals surface area contributed by atoms with Crippen LogP contribution in [0.5, 0.6) is 0 Å². The lowest BCUT2D eigenvalue weighted by Crippen LogP contribution is -2.27. The van der Waals surface area contributed by atoms with E-state index >= 15 is 0 Å². The Morgan fingerprint density at radius 3 is 2.96 bits per heavy atom. The van der Waals surface area contributed by atoms with Gasteiger partial charge in [0, 0.05) is 29.8 Å². The van der Waals surface area contributed by atoms with Gasteiger partial charge in [0.05, 0.1) is 16.8 Å². The normalized spacial score (nSPS) is 10.8. The molecule has 4 N–H and O–H groups in total. The molecule has 0 radical (unpaired) electrons. The first kappa shape index (κ1) is 15.2. The minimum Gasteiger partial charge on any atom is -0.375 e. The molecule has 0 spiro atoms. The Morgan fingerprint density at radius 1 is 1.39 bits per heavy atom. The van der Waals surface area contributed by atoms with Crippen LogP contribution in [0, 0.1) is 5.82 Å². The van der Waals surface area contributed by atoms with Crippen molar-refractivity contribution in [1.82, 2.24) is 15.3 Å². The number of anilines is 1. The van der Waals surface area contributed by atoms with Crippen LogP contribution < -0.4 is 16.6 Å². The summed E-state index contributed by atoms with van der Waals surface area (Å²) in [4.78, 5) is 30.5. The number of hydrogen-bond donors (Lipinski definition) is 3. The lowest BCUT2D eigenvalue weighted by atomic mass is 10.1. The van der Waals surface area contributed by atoms with Crippen molar-refractivity contribution in [2.75, 3.05) is 12.3 Å². The third kappa shape index (κ3) is 3.37. The molecule has 0 aliphatic rings. The van der Waals surface area contributed by atoms with Crippen LogP contribution in [0.25, 0.3) is 10.9 Å². The molecule has 2 aromatic heterocycles. The summed E-state index contributed by atoms with van der Waals surface area (Å²) in [5, 5.41) is 5.52. The number of rotatable bonds is 4. The highest BCUT2D eigenvalue weighted by atomic mass is 32.1. The molecular weight excluding hydrogens is 319 g/mol. The Bertz CT molecular complexity index is 935. The predicted molar refractivity (Wildman–Crippen MR) is 87.1 cm³/mol. The zero-order chi connectivity index (χ0) is 16.4. The summed E-state index contributed by atoms with van der Waals surface area (Å²) >= 11 is 1.34. The number of aromatic nitrogens is 2. The van der Waals surface area contributed by atoms with E-state index in [2.05, 4.69) is 15.3 Å². The number of halogens is 1. The molecule has 1 aromatic carbocycles. The summed E-state index contributed by atoms with van der Waals surface area (Å²) in [6.07, 6.45) is 0.537. The van der Waals surface area contributed by atoms with Gasteiger partial charge < -0.3 is 16.0 Å². The number of fused-ring (bicyclic) bond motifs is 1. The van der Waals surface area contributed by atoms with Crippen molar-refractivity contribution in [3.05, 3.63) is 57.1 Å². The Morgan fingerprint density at radius 2 is 2.22 bits per heavy atom. The predicted octanol–water partition coefficient (Wildman–Crippen LogP) is 1.68. The van der Waals surface area contributed by atoms with Gasteiger partial charge in [0.1, 0.15) is 5.82 Å². The van der Waals surface area contributed by atoms with Gasteiger partial charge in [-0.3, -0.25) is 9.59 Å². The summed E-state index contributed by atoms with van der Waals surface area (Å²) < 4.78 is 13.3. The molecule has 0 saturated carbocycles. The molecule has 118 valence electrons. The molecule has 0 aliphatic carbocycles. The third-order valence-corrected chi connectivity index (χ3v) is 4.01. The van der Waals surface area contributed by atoms with Crippen molar-refractivity contribution in [3.63, 3.8) is 0 Å². The standard InChI is InChI=1S/C15H13FN4O2S/c16-8-1-2-10-11(6-13(21)20-12(10)5-8)14(22)18-4-3-9-7-23-15(17)19-9/h1-2,5-7H,3-4H2,(H2,17,19)(H,18,22)(H,20,21). The zero-order valence-electron chi connectivity index (χ0n) is 11.9. The highest BCUT2D eigenvalue weighted by molar-refractivity contribution is 7.13. The van der Waals surface area contributed by atoms with E-state index in [0.717, 1.165) is 5.69 Å². The number of hydrogen-bond acceptors (Lipinski definition) is 5. The summed E-state index contributed by atoms with van der Waals surface area (Å²) in [7, 11) is 0. The van der Waals surface area contributed by atoms with E-state index in [1.807, 2.05) is 5.38 Å². The number of amides is 1. The first-order valence-corrected chi connectivity index (χ1v) is 7.71. The number of carbonyl (C=O) groups is 1. The van der Waals surface area contributed by atoms with Crippen molar-refractivity contribution in [2.24, 2.45) is 0 Å². The SMILES string of the molecule is Nc1nc(CCNC(=O)c2cc(=O)[nH]c3cc(F)ccc23)cs1. The minimum atomic E-state index is -0.480. The van der Waals surface area contributed by atoms with Crippen LogP contribution in [-0.4, -0.2) is 22.4 Å². The highest BCUT2D eigenvalue weighted by Gasteiger charge is 2.12. The monoisotopic (exact) mass is 332 g/mol. The van der Waals surface area contributed by atoms with Gasteiger partial charge >= 0.3 is 0 Å². The second-order valence-electron chi connectivity index (χ2n) is 4.92. The molecular formula is C15H13FN4O2S.